The summed E-state index contributed by atoms with van der Waals surface area (Å²) in [7, 11) is -3.12. The smallest absolute Gasteiger partial charge is 0.254 e. The van der Waals surface area contributed by atoms with Gasteiger partial charge in [0.2, 0.25) is 0 Å². The van der Waals surface area contributed by atoms with Gasteiger partial charge < -0.3 is 11.5 Å². The van der Waals surface area contributed by atoms with Gasteiger partial charge in [0.1, 0.15) is 0 Å². The van der Waals surface area contributed by atoms with Crippen molar-refractivity contribution in [2.24, 2.45) is 11.5 Å². The third-order valence-corrected chi connectivity index (χ3v) is 0.272. The maximum atomic E-state index is 8.59. The number of thiol groups is 1. The minimum absolute atomic E-state index is 0.538. The van der Waals surface area contributed by atoms with Crippen LogP contribution in [0.15, 0.2) is 12.3 Å². The van der Waals surface area contributed by atoms with Crippen molar-refractivity contribution in [1.29, 1.82) is 0 Å². The summed E-state index contributed by atoms with van der Waals surface area (Å²) in [6, 6.07) is 0. The highest BCUT2D eigenvalue weighted by atomic mass is 32.2. The molecule has 5 N–H and O–H groups in total. The number of rotatable bonds is 1. The molecule has 0 aromatic rings. The molecule has 0 fully saturated rings. The fourth-order valence-corrected chi connectivity index (χ4v) is 0.0786. The van der Waals surface area contributed by atoms with Crippen molar-refractivity contribution in [3.63, 3.8) is 0 Å². The van der Waals surface area contributed by atoms with E-state index in [9.17, 15) is 0 Å². The Bertz CT molecular complexity index is 126. The molecule has 0 radical (unpaired) electrons. The Morgan fingerprint density at radius 1 is 1.45 bits per heavy atom. The largest absolute Gasteiger partial charge is 0.405 e. The van der Waals surface area contributed by atoms with Crippen molar-refractivity contribution in [1.82, 2.24) is 0 Å². The Morgan fingerprint density at radius 2 is 1.73 bits per heavy atom. The average molecular weight is 184 g/mol. The molecular weight excluding hydrogens is 168 g/mol. The van der Waals surface area contributed by atoms with E-state index >= 15 is 0 Å². The van der Waals surface area contributed by atoms with Crippen LogP contribution in [0.3, 0.4) is 0 Å². The van der Waals surface area contributed by atoms with Crippen LogP contribution in [0, 0.1) is 0 Å². The summed E-state index contributed by atoms with van der Waals surface area (Å²) in [4.78, 5) is 0. The van der Waals surface area contributed by atoms with Crippen LogP contribution < -0.4 is 11.5 Å². The molecule has 0 atom stereocenters. The van der Waals surface area contributed by atoms with Gasteiger partial charge in [-0.25, -0.2) is 8.42 Å². The summed E-state index contributed by atoms with van der Waals surface area (Å²) in [5, 5.41) is 0. The minimum atomic E-state index is -3.12. The van der Waals surface area contributed by atoms with Crippen LogP contribution in [0.2, 0.25) is 0 Å². The van der Waals surface area contributed by atoms with Gasteiger partial charge in [0.05, 0.1) is 0 Å². The third-order valence-electron chi connectivity index (χ3n) is 0.272. The molecule has 5 nitrogen and oxygen atoms in total. The molecule has 0 heterocycles. The van der Waals surface area contributed by atoms with Crippen LogP contribution in [-0.4, -0.2) is 19.5 Å². The van der Waals surface area contributed by atoms with E-state index in [0.717, 1.165) is 0 Å². The quantitative estimate of drug-likeness (QED) is 0.325. The van der Waals surface area contributed by atoms with E-state index in [1.165, 1.54) is 6.20 Å². The highest BCUT2D eigenvalue weighted by molar-refractivity contribution is 7.66. The van der Waals surface area contributed by atoms with E-state index in [1.54, 1.807) is 6.08 Å². The first-order chi connectivity index (χ1) is 5.15. The van der Waals surface area contributed by atoms with Crippen molar-refractivity contribution >= 4 is 11.0 Å². The molecule has 70 valence electrons. The van der Waals surface area contributed by atoms with Crippen molar-refractivity contribution in [2.75, 3.05) is 6.54 Å². The average Bonchev–Trinajstić information content (AvgIpc) is 1.93. The first-order valence-electron chi connectivity index (χ1n) is 3.05. The Kier molecular flexibility index (Phi) is 34.7. The number of hydrogen-bond donors (Lipinski definition) is 4. The van der Waals surface area contributed by atoms with Crippen molar-refractivity contribution in [3.05, 3.63) is 12.3 Å². The maximum absolute atomic E-state index is 8.59. The Hall–Kier alpha value is -0.590. The summed E-state index contributed by atoms with van der Waals surface area (Å²) < 4.78 is 24.2. The SMILES string of the molecule is CC.NC=CCN.O=[SH](=O)O. The minimum Gasteiger partial charge on any atom is -0.405 e. The summed E-state index contributed by atoms with van der Waals surface area (Å²) in [6.07, 6.45) is 3.11. The molecule has 0 aliphatic carbocycles. The lowest BCUT2D eigenvalue weighted by Crippen LogP contribution is -1.93. The summed E-state index contributed by atoms with van der Waals surface area (Å²) in [5.41, 5.74) is 9.85. The zero-order valence-electron chi connectivity index (χ0n) is 6.73. The molecule has 11 heavy (non-hydrogen) atoms. The molecule has 0 aliphatic rings. The van der Waals surface area contributed by atoms with Gasteiger partial charge in [-0.05, 0) is 6.20 Å². The van der Waals surface area contributed by atoms with E-state index in [1.807, 2.05) is 13.8 Å². The molecule has 0 aliphatic heterocycles. The van der Waals surface area contributed by atoms with Crippen molar-refractivity contribution < 1.29 is 13.0 Å². The molecule has 0 bridgehead atoms. The predicted octanol–water partition coefficient (Wildman–Crippen LogP) is -0.485. The fraction of sp³-hybridized carbons (Fsp3) is 0.600. The van der Waals surface area contributed by atoms with Crippen LogP contribution in [0.5, 0.6) is 0 Å². The van der Waals surface area contributed by atoms with Crippen LogP contribution in [-0.2, 0) is 11.0 Å². The van der Waals surface area contributed by atoms with Crippen molar-refractivity contribution in [2.45, 2.75) is 13.8 Å². The van der Waals surface area contributed by atoms with Gasteiger partial charge >= 0.3 is 0 Å². The lowest BCUT2D eigenvalue weighted by molar-refractivity contribution is 0.509. The van der Waals surface area contributed by atoms with Gasteiger partial charge in [-0.1, -0.05) is 19.9 Å². The zero-order chi connectivity index (χ0) is 9.70. The molecule has 0 spiro atoms. The van der Waals surface area contributed by atoms with Gasteiger partial charge in [0.15, 0.2) is 0 Å². The van der Waals surface area contributed by atoms with E-state index in [0.29, 0.717) is 6.54 Å². The first kappa shape index (κ1) is 16.8. The molecule has 0 unspecified atom stereocenters. The van der Waals surface area contributed by atoms with Crippen LogP contribution in [0.1, 0.15) is 13.8 Å². The second-order valence-corrected chi connectivity index (χ2v) is 1.38. The molecule has 0 amide bonds. The summed E-state index contributed by atoms with van der Waals surface area (Å²) in [5.74, 6) is 0. The topological polar surface area (TPSA) is 106 Å². The highest BCUT2D eigenvalue weighted by Gasteiger charge is 1.51. The molecule has 6 heteroatoms. The molecule has 0 aromatic carbocycles. The highest BCUT2D eigenvalue weighted by Crippen LogP contribution is 1.48. The molecule has 0 saturated heterocycles. The second-order valence-electron chi connectivity index (χ2n) is 0.902. The van der Waals surface area contributed by atoms with Gasteiger partial charge in [-0.2, -0.15) is 0 Å². The van der Waals surface area contributed by atoms with Gasteiger partial charge in [0.25, 0.3) is 11.0 Å². The number of hydrogen-bond acceptors (Lipinski definition) is 4. The zero-order valence-corrected chi connectivity index (χ0v) is 7.62. The third kappa shape index (κ3) is 260. The Balaban J connectivity index is -0.0000000965. The first-order valence-corrected chi connectivity index (χ1v) is 4.18. The van der Waals surface area contributed by atoms with Crippen LogP contribution >= 0.6 is 0 Å². The monoisotopic (exact) mass is 184 g/mol. The Morgan fingerprint density at radius 3 is 1.73 bits per heavy atom. The van der Waals surface area contributed by atoms with E-state index in [2.05, 4.69) is 0 Å². The standard InChI is InChI=1S/C3H8N2.C2H6.H2O3S/c4-2-1-3-5;1-2;1-4(2)3/h1-2H,3-5H2;1-2H3;4H,(H,1,2,3). The molecular formula is C5H16N2O3S. The predicted molar refractivity (Wildman–Crippen MR) is 46.7 cm³/mol. The summed E-state index contributed by atoms with van der Waals surface area (Å²) >= 11 is 0. The van der Waals surface area contributed by atoms with Gasteiger partial charge in [-0.3, -0.25) is 4.55 Å². The van der Waals surface area contributed by atoms with E-state index < -0.39 is 11.0 Å². The van der Waals surface area contributed by atoms with Crippen LogP contribution in [0.25, 0.3) is 0 Å². The molecule has 0 rings (SSSR count). The number of nitrogens with two attached hydrogens (primary N) is 2. The van der Waals surface area contributed by atoms with Crippen molar-refractivity contribution in [3.8, 4) is 0 Å². The van der Waals surface area contributed by atoms with E-state index in [4.69, 9.17) is 24.4 Å². The fourth-order valence-electron chi connectivity index (χ4n) is 0.0786. The molecule has 0 saturated carbocycles. The lowest BCUT2D eigenvalue weighted by atomic mass is 10.6. The van der Waals surface area contributed by atoms with Gasteiger partial charge in [-0.15, -0.1) is 0 Å². The molecule has 0 aromatic heterocycles. The van der Waals surface area contributed by atoms with Gasteiger partial charge in [0, 0.05) is 6.54 Å². The summed E-state index contributed by atoms with van der Waals surface area (Å²) in [6.45, 7) is 4.54. The second kappa shape index (κ2) is 22.7. The maximum Gasteiger partial charge on any atom is 0.254 e. The Labute approximate surface area is 68.9 Å². The lowest BCUT2D eigenvalue weighted by Gasteiger charge is -1.68. The van der Waals surface area contributed by atoms with E-state index in [-0.39, 0.29) is 0 Å². The normalized spacial score (nSPS) is 8.09. The van der Waals surface area contributed by atoms with Crippen LogP contribution in [0.4, 0.5) is 0 Å².